The van der Waals surface area contributed by atoms with E-state index in [9.17, 15) is 9.50 Å². The van der Waals surface area contributed by atoms with E-state index in [0.717, 1.165) is 29.4 Å². The summed E-state index contributed by atoms with van der Waals surface area (Å²) in [4.78, 5) is 0. The number of benzene rings is 1. The summed E-state index contributed by atoms with van der Waals surface area (Å²) in [5, 5.41) is 14.3. The summed E-state index contributed by atoms with van der Waals surface area (Å²) in [6, 6.07) is 3.63. The summed E-state index contributed by atoms with van der Waals surface area (Å²) in [6.07, 6.45) is 5.43. The Bertz CT molecular complexity index is 629. The van der Waals surface area contributed by atoms with E-state index in [1.807, 2.05) is 10.8 Å². The lowest BCUT2D eigenvalue weighted by Gasteiger charge is -2.09. The summed E-state index contributed by atoms with van der Waals surface area (Å²) >= 11 is 0. The van der Waals surface area contributed by atoms with Crippen molar-refractivity contribution in [3.05, 3.63) is 29.7 Å². The zero-order valence-electron chi connectivity index (χ0n) is 12.0. The molecule has 2 aromatic rings. The van der Waals surface area contributed by atoms with E-state index < -0.39 is 5.82 Å². The third kappa shape index (κ3) is 2.52. The summed E-state index contributed by atoms with van der Waals surface area (Å²) < 4.78 is 15.6. The minimum absolute atomic E-state index is 0.0424. The van der Waals surface area contributed by atoms with Crippen molar-refractivity contribution < 1.29 is 9.50 Å². The number of phenols is 1. The highest BCUT2D eigenvalue weighted by molar-refractivity contribution is 5.90. The molecule has 1 aromatic carbocycles. The van der Waals surface area contributed by atoms with E-state index >= 15 is 0 Å². The van der Waals surface area contributed by atoms with Crippen LogP contribution in [0.25, 0.3) is 10.9 Å². The molecule has 0 amide bonds. The second-order valence-electron chi connectivity index (χ2n) is 5.95. The van der Waals surface area contributed by atoms with Crippen LogP contribution in [-0.2, 0) is 6.42 Å². The molecule has 20 heavy (non-hydrogen) atoms. The molecule has 0 radical (unpaired) electrons. The minimum Gasteiger partial charge on any atom is -0.507 e. The van der Waals surface area contributed by atoms with Gasteiger partial charge in [0.05, 0.1) is 5.52 Å². The molecule has 0 atom stereocenters. The average molecular weight is 276 g/mol. The molecule has 1 aliphatic rings. The lowest BCUT2D eigenvalue weighted by atomic mass is 10.1. The fraction of sp³-hybridized carbons (Fsp3) is 0.500. The highest BCUT2D eigenvalue weighted by Gasteiger charge is 2.20. The second kappa shape index (κ2) is 5.09. The summed E-state index contributed by atoms with van der Waals surface area (Å²) in [5.41, 5.74) is 1.86. The molecule has 1 aliphatic carbocycles. The van der Waals surface area contributed by atoms with Gasteiger partial charge in [0.1, 0.15) is 11.6 Å². The maximum Gasteiger partial charge on any atom is 0.129 e. The van der Waals surface area contributed by atoms with Gasteiger partial charge in [-0.15, -0.1) is 0 Å². The molecule has 1 aromatic heterocycles. The van der Waals surface area contributed by atoms with Gasteiger partial charge in [-0.25, -0.2) is 4.39 Å². The van der Waals surface area contributed by atoms with Gasteiger partial charge in [0.2, 0.25) is 0 Å². The van der Waals surface area contributed by atoms with Crippen LogP contribution in [0.2, 0.25) is 0 Å². The first-order valence-electron chi connectivity index (χ1n) is 7.31. The first-order chi connectivity index (χ1) is 9.56. The third-order valence-corrected chi connectivity index (χ3v) is 3.92. The van der Waals surface area contributed by atoms with Crippen LogP contribution in [-0.4, -0.2) is 22.3 Å². The van der Waals surface area contributed by atoms with E-state index in [2.05, 4.69) is 19.2 Å². The van der Waals surface area contributed by atoms with E-state index in [-0.39, 0.29) is 11.8 Å². The van der Waals surface area contributed by atoms with Crippen LogP contribution >= 0.6 is 0 Å². The van der Waals surface area contributed by atoms with Crippen molar-refractivity contribution in [1.82, 2.24) is 9.88 Å². The van der Waals surface area contributed by atoms with Crippen molar-refractivity contribution in [3.8, 4) is 5.75 Å². The summed E-state index contributed by atoms with van der Waals surface area (Å²) in [7, 11) is 0. The largest absolute Gasteiger partial charge is 0.507 e. The fourth-order valence-electron chi connectivity index (χ4n) is 2.73. The first-order valence-corrected chi connectivity index (χ1v) is 7.31. The van der Waals surface area contributed by atoms with Crippen LogP contribution in [0.5, 0.6) is 5.75 Å². The Kier molecular flexibility index (Phi) is 3.42. The molecule has 1 heterocycles. The molecular formula is C16H21FN2O. The number of nitrogens with one attached hydrogen (secondary N) is 1. The van der Waals surface area contributed by atoms with Crippen LogP contribution in [0.15, 0.2) is 18.3 Å². The third-order valence-electron chi connectivity index (χ3n) is 3.92. The predicted octanol–water partition coefficient (Wildman–Crippen LogP) is 3.36. The lowest BCUT2D eigenvalue weighted by molar-refractivity contribution is 0.475. The topological polar surface area (TPSA) is 37.2 Å². The van der Waals surface area contributed by atoms with Crippen LogP contribution in [0.3, 0.4) is 0 Å². The van der Waals surface area contributed by atoms with Gasteiger partial charge in [-0.1, -0.05) is 0 Å². The van der Waals surface area contributed by atoms with Crippen molar-refractivity contribution >= 4 is 10.9 Å². The monoisotopic (exact) mass is 276 g/mol. The molecule has 3 rings (SSSR count). The maximum atomic E-state index is 13.5. The number of nitrogens with zero attached hydrogens (tertiary/aromatic N) is 1. The van der Waals surface area contributed by atoms with Gasteiger partial charge >= 0.3 is 0 Å². The Morgan fingerprint density at radius 3 is 2.80 bits per heavy atom. The van der Waals surface area contributed by atoms with Crippen molar-refractivity contribution in [2.24, 2.45) is 0 Å². The molecule has 1 fully saturated rings. The zero-order valence-corrected chi connectivity index (χ0v) is 12.0. The van der Waals surface area contributed by atoms with E-state index in [1.54, 1.807) is 0 Å². The number of phenolic OH excluding ortho intramolecular Hbond substituents is 1. The summed E-state index contributed by atoms with van der Waals surface area (Å²) in [6.45, 7) is 5.03. The highest BCUT2D eigenvalue weighted by Crippen LogP contribution is 2.33. The van der Waals surface area contributed by atoms with Crippen molar-refractivity contribution in [2.75, 3.05) is 6.54 Å². The number of aromatic nitrogens is 1. The van der Waals surface area contributed by atoms with Crippen LogP contribution in [0.4, 0.5) is 4.39 Å². The Balaban J connectivity index is 1.97. The van der Waals surface area contributed by atoms with E-state index in [4.69, 9.17) is 0 Å². The van der Waals surface area contributed by atoms with E-state index in [1.165, 1.54) is 25.0 Å². The standard InChI is InChI=1S/C16H21FN2O/c1-10(2)19-9-11(5-6-18-13-3-4-13)16-14(19)7-12(17)8-15(16)20/h7-10,13,18,20H,3-6H2,1-2H3. The molecule has 0 bridgehead atoms. The van der Waals surface area contributed by atoms with E-state index in [0.29, 0.717) is 6.04 Å². The molecule has 2 N–H and O–H groups in total. The van der Waals surface area contributed by atoms with Gasteiger partial charge in [0.15, 0.2) is 0 Å². The number of rotatable bonds is 5. The SMILES string of the molecule is CC(C)n1cc(CCNC2CC2)c2c(O)cc(F)cc21. The molecule has 0 spiro atoms. The predicted molar refractivity (Wildman–Crippen MR) is 78.7 cm³/mol. The zero-order chi connectivity index (χ0) is 14.3. The Morgan fingerprint density at radius 1 is 1.40 bits per heavy atom. The average Bonchev–Trinajstić information content (AvgIpc) is 3.10. The molecule has 0 saturated heterocycles. The Morgan fingerprint density at radius 2 is 2.15 bits per heavy atom. The van der Waals surface area contributed by atoms with Crippen molar-refractivity contribution in [2.45, 2.75) is 45.2 Å². The molecule has 0 aliphatic heterocycles. The van der Waals surface area contributed by atoms with Crippen LogP contribution in [0.1, 0.15) is 38.3 Å². The molecular weight excluding hydrogens is 255 g/mol. The Labute approximate surface area is 118 Å². The molecule has 0 unspecified atom stereocenters. The number of halogens is 1. The Hall–Kier alpha value is -1.55. The lowest BCUT2D eigenvalue weighted by Crippen LogP contribution is -2.19. The first kappa shape index (κ1) is 13.4. The smallest absolute Gasteiger partial charge is 0.129 e. The highest BCUT2D eigenvalue weighted by atomic mass is 19.1. The second-order valence-corrected chi connectivity index (χ2v) is 5.95. The van der Waals surface area contributed by atoms with Gasteiger partial charge < -0.3 is 15.0 Å². The van der Waals surface area contributed by atoms with Gasteiger partial charge in [-0.2, -0.15) is 0 Å². The van der Waals surface area contributed by atoms with Gasteiger partial charge in [-0.3, -0.25) is 0 Å². The normalized spacial score (nSPS) is 15.4. The van der Waals surface area contributed by atoms with Gasteiger partial charge in [0, 0.05) is 29.7 Å². The fourth-order valence-corrected chi connectivity index (χ4v) is 2.73. The van der Waals surface area contributed by atoms with Gasteiger partial charge in [0.25, 0.3) is 0 Å². The van der Waals surface area contributed by atoms with Crippen LogP contribution in [0, 0.1) is 5.82 Å². The number of hydrogen-bond donors (Lipinski definition) is 2. The molecule has 108 valence electrons. The quantitative estimate of drug-likeness (QED) is 0.878. The molecule has 4 heteroatoms. The summed E-state index contributed by atoms with van der Waals surface area (Å²) in [5.74, 6) is -0.349. The molecule has 3 nitrogen and oxygen atoms in total. The maximum absolute atomic E-state index is 13.5. The minimum atomic E-state index is -0.391. The van der Waals surface area contributed by atoms with Gasteiger partial charge in [-0.05, 0) is 51.3 Å². The number of hydrogen-bond acceptors (Lipinski definition) is 2. The number of aromatic hydroxyl groups is 1. The van der Waals surface area contributed by atoms with Crippen LogP contribution < -0.4 is 5.32 Å². The van der Waals surface area contributed by atoms with Crippen molar-refractivity contribution in [3.63, 3.8) is 0 Å². The number of fused-ring (bicyclic) bond motifs is 1. The van der Waals surface area contributed by atoms with Crippen molar-refractivity contribution in [1.29, 1.82) is 0 Å². The molecule has 1 saturated carbocycles.